The second kappa shape index (κ2) is 6.52. The van der Waals surface area contributed by atoms with Crippen molar-refractivity contribution < 1.29 is 14.7 Å². The molecule has 1 atom stereocenters. The second-order valence-electron chi connectivity index (χ2n) is 4.39. The van der Waals surface area contributed by atoms with Crippen LogP contribution in [0.2, 0.25) is 0 Å². The van der Waals surface area contributed by atoms with Crippen molar-refractivity contribution in [2.45, 2.75) is 12.5 Å². The van der Waals surface area contributed by atoms with E-state index in [9.17, 15) is 14.7 Å². The highest BCUT2D eigenvalue weighted by Gasteiger charge is 2.27. The minimum absolute atomic E-state index is 0.316. The van der Waals surface area contributed by atoms with Crippen molar-refractivity contribution in [3.8, 4) is 0 Å². The normalized spacial score (nSPS) is 11.6. The SMILES string of the molecule is O=C(O)C(C(=O)NCc1ccccc1)c1ccccc1. The third-order valence-corrected chi connectivity index (χ3v) is 2.95. The summed E-state index contributed by atoms with van der Waals surface area (Å²) in [5.41, 5.74) is 1.41. The van der Waals surface area contributed by atoms with Gasteiger partial charge in [0, 0.05) is 6.54 Å². The molecule has 2 aromatic rings. The minimum atomic E-state index is -1.18. The molecule has 1 amide bonds. The molecule has 2 aromatic carbocycles. The van der Waals surface area contributed by atoms with Gasteiger partial charge in [-0.2, -0.15) is 0 Å². The van der Waals surface area contributed by atoms with Crippen molar-refractivity contribution in [1.82, 2.24) is 5.32 Å². The van der Waals surface area contributed by atoms with Crippen molar-refractivity contribution in [3.05, 3.63) is 71.8 Å². The first-order chi connectivity index (χ1) is 9.68. The Hall–Kier alpha value is -2.62. The molecule has 0 aliphatic carbocycles. The van der Waals surface area contributed by atoms with Gasteiger partial charge in [-0.25, -0.2) is 0 Å². The summed E-state index contributed by atoms with van der Waals surface area (Å²) in [5.74, 6) is -2.84. The van der Waals surface area contributed by atoms with Crippen LogP contribution in [0.4, 0.5) is 0 Å². The van der Waals surface area contributed by atoms with E-state index >= 15 is 0 Å². The van der Waals surface area contributed by atoms with Crippen LogP contribution < -0.4 is 5.32 Å². The number of carbonyl (C=O) groups is 2. The van der Waals surface area contributed by atoms with Crippen molar-refractivity contribution in [2.24, 2.45) is 0 Å². The summed E-state index contributed by atoms with van der Waals surface area (Å²) in [6.07, 6.45) is 0. The van der Waals surface area contributed by atoms with Crippen LogP contribution in [0, 0.1) is 0 Å². The van der Waals surface area contributed by atoms with Crippen LogP contribution in [0.5, 0.6) is 0 Å². The van der Waals surface area contributed by atoms with Gasteiger partial charge in [0.2, 0.25) is 5.91 Å². The number of hydrogen-bond donors (Lipinski definition) is 2. The van der Waals surface area contributed by atoms with Crippen LogP contribution in [0.1, 0.15) is 17.0 Å². The fraction of sp³-hybridized carbons (Fsp3) is 0.125. The summed E-state index contributed by atoms with van der Waals surface area (Å²) in [6.45, 7) is 0.316. The highest BCUT2D eigenvalue weighted by molar-refractivity contribution is 6.02. The zero-order chi connectivity index (χ0) is 14.4. The molecule has 0 radical (unpaired) electrons. The summed E-state index contributed by atoms with van der Waals surface area (Å²) in [7, 11) is 0. The van der Waals surface area contributed by atoms with E-state index in [0.29, 0.717) is 12.1 Å². The van der Waals surface area contributed by atoms with Crippen molar-refractivity contribution >= 4 is 11.9 Å². The van der Waals surface area contributed by atoms with Crippen LogP contribution in [-0.4, -0.2) is 17.0 Å². The Balaban J connectivity index is 2.07. The monoisotopic (exact) mass is 269 g/mol. The number of benzene rings is 2. The molecule has 0 fully saturated rings. The Kier molecular flexibility index (Phi) is 4.50. The molecule has 20 heavy (non-hydrogen) atoms. The van der Waals surface area contributed by atoms with E-state index in [-0.39, 0.29) is 0 Å². The third kappa shape index (κ3) is 3.45. The number of nitrogens with one attached hydrogen (secondary N) is 1. The van der Waals surface area contributed by atoms with Gasteiger partial charge in [0.15, 0.2) is 5.92 Å². The molecular formula is C16H15NO3. The Morgan fingerprint density at radius 1 is 0.950 bits per heavy atom. The maximum atomic E-state index is 12.1. The molecule has 0 aliphatic rings. The Morgan fingerprint density at radius 3 is 2.05 bits per heavy atom. The summed E-state index contributed by atoms with van der Waals surface area (Å²) in [5, 5.41) is 11.9. The molecule has 0 aromatic heterocycles. The van der Waals surface area contributed by atoms with E-state index in [4.69, 9.17) is 0 Å². The maximum Gasteiger partial charge on any atom is 0.320 e. The van der Waals surface area contributed by atoms with Gasteiger partial charge >= 0.3 is 5.97 Å². The van der Waals surface area contributed by atoms with Crippen LogP contribution >= 0.6 is 0 Å². The molecule has 1 unspecified atom stereocenters. The van der Waals surface area contributed by atoms with Crippen molar-refractivity contribution in [2.75, 3.05) is 0 Å². The molecule has 0 spiro atoms. The maximum absolute atomic E-state index is 12.1. The fourth-order valence-electron chi connectivity index (χ4n) is 1.94. The van der Waals surface area contributed by atoms with E-state index in [1.54, 1.807) is 30.3 Å². The van der Waals surface area contributed by atoms with E-state index < -0.39 is 17.8 Å². The van der Waals surface area contributed by atoms with Crippen LogP contribution in [0.15, 0.2) is 60.7 Å². The standard InChI is InChI=1S/C16H15NO3/c18-15(17-11-12-7-3-1-4-8-12)14(16(19)20)13-9-5-2-6-10-13/h1-10,14H,11H2,(H,17,18)(H,19,20). The van der Waals surface area contributed by atoms with Gasteiger partial charge in [-0.1, -0.05) is 60.7 Å². The fourth-order valence-corrected chi connectivity index (χ4v) is 1.94. The largest absolute Gasteiger partial charge is 0.480 e. The Bertz CT molecular complexity index is 581. The number of amides is 1. The Morgan fingerprint density at radius 2 is 1.50 bits per heavy atom. The summed E-state index contributed by atoms with van der Waals surface area (Å²) < 4.78 is 0. The summed E-state index contributed by atoms with van der Waals surface area (Å²) >= 11 is 0. The number of carboxylic acids is 1. The van der Waals surface area contributed by atoms with E-state index in [1.807, 2.05) is 30.3 Å². The molecule has 2 rings (SSSR count). The lowest BCUT2D eigenvalue weighted by Crippen LogP contribution is -2.33. The molecule has 102 valence electrons. The molecule has 0 saturated heterocycles. The zero-order valence-corrected chi connectivity index (χ0v) is 10.8. The molecular weight excluding hydrogens is 254 g/mol. The molecule has 0 heterocycles. The van der Waals surface area contributed by atoms with Crippen LogP contribution in [0.3, 0.4) is 0 Å². The average Bonchev–Trinajstić information content (AvgIpc) is 2.47. The van der Waals surface area contributed by atoms with Crippen molar-refractivity contribution in [3.63, 3.8) is 0 Å². The second-order valence-corrected chi connectivity index (χ2v) is 4.39. The van der Waals surface area contributed by atoms with Gasteiger partial charge in [0.25, 0.3) is 0 Å². The van der Waals surface area contributed by atoms with Gasteiger partial charge in [-0.15, -0.1) is 0 Å². The van der Waals surface area contributed by atoms with E-state index in [0.717, 1.165) is 5.56 Å². The third-order valence-electron chi connectivity index (χ3n) is 2.95. The Labute approximate surface area is 117 Å². The number of rotatable bonds is 5. The van der Waals surface area contributed by atoms with Gasteiger partial charge in [-0.05, 0) is 11.1 Å². The first kappa shape index (κ1) is 13.8. The van der Waals surface area contributed by atoms with Gasteiger partial charge in [0.1, 0.15) is 0 Å². The zero-order valence-electron chi connectivity index (χ0n) is 10.8. The lowest BCUT2D eigenvalue weighted by Gasteiger charge is -2.13. The quantitative estimate of drug-likeness (QED) is 0.817. The molecule has 4 heteroatoms. The predicted molar refractivity (Wildman–Crippen MR) is 75.1 cm³/mol. The van der Waals surface area contributed by atoms with Gasteiger partial charge in [-0.3, -0.25) is 9.59 Å². The highest BCUT2D eigenvalue weighted by atomic mass is 16.4. The molecule has 0 aliphatic heterocycles. The number of carbonyl (C=O) groups excluding carboxylic acids is 1. The molecule has 0 saturated carbocycles. The van der Waals surface area contributed by atoms with Crippen molar-refractivity contribution in [1.29, 1.82) is 0 Å². The lowest BCUT2D eigenvalue weighted by molar-refractivity contribution is -0.143. The average molecular weight is 269 g/mol. The molecule has 0 bridgehead atoms. The summed E-state index contributed by atoms with van der Waals surface area (Å²) in [6, 6.07) is 17.9. The summed E-state index contributed by atoms with van der Waals surface area (Å²) in [4.78, 5) is 23.4. The lowest BCUT2D eigenvalue weighted by atomic mass is 9.98. The first-order valence-corrected chi connectivity index (χ1v) is 6.28. The van der Waals surface area contributed by atoms with Crippen LogP contribution in [-0.2, 0) is 16.1 Å². The van der Waals surface area contributed by atoms with Gasteiger partial charge < -0.3 is 10.4 Å². The van der Waals surface area contributed by atoms with Gasteiger partial charge in [0.05, 0.1) is 0 Å². The molecule has 2 N–H and O–H groups in total. The number of aliphatic carboxylic acids is 1. The first-order valence-electron chi connectivity index (χ1n) is 6.28. The van der Waals surface area contributed by atoms with E-state index in [1.165, 1.54) is 0 Å². The number of hydrogen-bond acceptors (Lipinski definition) is 2. The number of carboxylic acid groups (broad SMARTS) is 1. The smallest absolute Gasteiger partial charge is 0.320 e. The topological polar surface area (TPSA) is 66.4 Å². The highest BCUT2D eigenvalue weighted by Crippen LogP contribution is 2.16. The van der Waals surface area contributed by atoms with E-state index in [2.05, 4.69) is 5.32 Å². The predicted octanol–water partition coefficient (Wildman–Crippen LogP) is 2.17. The minimum Gasteiger partial charge on any atom is -0.480 e. The molecule has 4 nitrogen and oxygen atoms in total. The van der Waals surface area contributed by atoms with Crippen LogP contribution in [0.25, 0.3) is 0 Å².